The summed E-state index contributed by atoms with van der Waals surface area (Å²) in [5.41, 5.74) is 0.695. The summed E-state index contributed by atoms with van der Waals surface area (Å²) in [6.45, 7) is 0. The van der Waals surface area contributed by atoms with Gasteiger partial charge in [-0.3, -0.25) is 0 Å². The maximum absolute atomic E-state index is 13.1. The molecule has 3 rings (SSSR count). The largest absolute Gasteiger partial charge is 0.463 e. The average molecular weight is 289 g/mol. The molecule has 110 valence electrons. The van der Waals surface area contributed by atoms with E-state index in [1.54, 1.807) is 16.8 Å². The molecule has 0 bridgehead atoms. The molecular weight excluding hydrogens is 273 g/mol. The number of hydrogen-bond donors (Lipinski definition) is 0. The number of rotatable bonds is 3. The molecule has 21 heavy (non-hydrogen) atoms. The number of methoxy groups -OCH3 is 1. The van der Waals surface area contributed by atoms with Crippen molar-refractivity contribution in [2.45, 2.75) is 31.6 Å². The van der Waals surface area contributed by atoms with Crippen molar-refractivity contribution in [1.29, 1.82) is 0 Å². The van der Waals surface area contributed by atoms with Crippen molar-refractivity contribution in [3.05, 3.63) is 41.7 Å². The fourth-order valence-electron chi connectivity index (χ4n) is 2.72. The molecule has 6 heteroatoms. The van der Waals surface area contributed by atoms with E-state index in [1.165, 1.54) is 19.2 Å². The van der Waals surface area contributed by atoms with E-state index in [0.29, 0.717) is 5.69 Å². The van der Waals surface area contributed by atoms with Gasteiger partial charge in [0.2, 0.25) is 0 Å². The fourth-order valence-corrected chi connectivity index (χ4v) is 2.72. The summed E-state index contributed by atoms with van der Waals surface area (Å²) in [5, 5.41) is 4.23. The van der Waals surface area contributed by atoms with Gasteiger partial charge >= 0.3 is 5.97 Å². The minimum Gasteiger partial charge on any atom is -0.463 e. The minimum atomic E-state index is -0.560. The number of carbonyl (C=O) groups is 1. The number of carbonyl (C=O) groups excluding carboxylic acids is 1. The number of hydrogen-bond acceptors (Lipinski definition) is 4. The topological polar surface area (TPSA) is 57.0 Å². The zero-order valence-corrected chi connectivity index (χ0v) is 11.8. The lowest BCUT2D eigenvalue weighted by Crippen LogP contribution is -2.07. The molecule has 0 saturated heterocycles. The van der Waals surface area contributed by atoms with Crippen LogP contribution in [-0.4, -0.2) is 27.8 Å². The zero-order chi connectivity index (χ0) is 14.8. The first-order valence-electron chi connectivity index (χ1n) is 7.00. The molecule has 1 aliphatic carbocycles. The number of halogens is 1. The molecule has 1 aliphatic rings. The van der Waals surface area contributed by atoms with Gasteiger partial charge in [-0.1, -0.05) is 12.8 Å². The van der Waals surface area contributed by atoms with Crippen LogP contribution < -0.4 is 0 Å². The molecule has 0 spiro atoms. The summed E-state index contributed by atoms with van der Waals surface area (Å²) in [6, 6.07) is 5.99. The Morgan fingerprint density at radius 1 is 1.29 bits per heavy atom. The first kappa shape index (κ1) is 13.7. The monoisotopic (exact) mass is 289 g/mol. The van der Waals surface area contributed by atoms with E-state index in [9.17, 15) is 9.18 Å². The summed E-state index contributed by atoms with van der Waals surface area (Å²) < 4.78 is 19.4. The van der Waals surface area contributed by atoms with E-state index >= 15 is 0 Å². The van der Waals surface area contributed by atoms with E-state index < -0.39 is 5.97 Å². The van der Waals surface area contributed by atoms with Crippen LogP contribution in [0.4, 0.5) is 4.39 Å². The number of benzene rings is 1. The van der Waals surface area contributed by atoms with E-state index in [1.807, 2.05) is 0 Å². The Labute approximate surface area is 121 Å². The highest BCUT2D eigenvalue weighted by atomic mass is 19.1. The Kier molecular flexibility index (Phi) is 3.68. The smallest absolute Gasteiger partial charge is 0.377 e. The van der Waals surface area contributed by atoms with Gasteiger partial charge in [-0.15, -0.1) is 5.10 Å². The standard InChI is InChI=1S/C15H16FN3O2/c1-21-15(20)13-17-14(10-4-2-3-5-10)19(18-13)12-8-6-11(16)7-9-12/h6-10H,2-5H2,1H3. The normalized spacial score (nSPS) is 15.3. The maximum atomic E-state index is 13.1. The Morgan fingerprint density at radius 3 is 2.57 bits per heavy atom. The maximum Gasteiger partial charge on any atom is 0.377 e. The molecule has 1 fully saturated rings. The van der Waals surface area contributed by atoms with Gasteiger partial charge in [-0.25, -0.2) is 18.9 Å². The van der Waals surface area contributed by atoms with Crippen molar-refractivity contribution in [2.24, 2.45) is 0 Å². The fraction of sp³-hybridized carbons (Fsp3) is 0.400. The Bertz CT molecular complexity index is 645. The second kappa shape index (κ2) is 5.63. The molecule has 0 amide bonds. The van der Waals surface area contributed by atoms with Crippen LogP contribution in [0.15, 0.2) is 24.3 Å². The van der Waals surface area contributed by atoms with Crippen LogP contribution in [0, 0.1) is 5.82 Å². The van der Waals surface area contributed by atoms with Gasteiger partial charge in [0.05, 0.1) is 12.8 Å². The van der Waals surface area contributed by atoms with E-state index in [-0.39, 0.29) is 17.6 Å². The van der Waals surface area contributed by atoms with Crippen molar-refractivity contribution < 1.29 is 13.9 Å². The van der Waals surface area contributed by atoms with E-state index in [2.05, 4.69) is 14.8 Å². The van der Waals surface area contributed by atoms with E-state index in [4.69, 9.17) is 0 Å². The summed E-state index contributed by atoms with van der Waals surface area (Å²) in [6.07, 6.45) is 4.35. The zero-order valence-electron chi connectivity index (χ0n) is 11.8. The van der Waals surface area contributed by atoms with Crippen LogP contribution in [0.25, 0.3) is 5.69 Å². The SMILES string of the molecule is COC(=O)c1nc(C2CCCC2)n(-c2ccc(F)cc2)n1. The van der Waals surface area contributed by atoms with Gasteiger partial charge < -0.3 is 4.74 Å². The molecular formula is C15H16FN3O2. The highest BCUT2D eigenvalue weighted by Gasteiger charge is 2.26. The van der Waals surface area contributed by atoms with Gasteiger partial charge in [-0.05, 0) is 37.1 Å². The van der Waals surface area contributed by atoms with Crippen LogP contribution in [-0.2, 0) is 4.74 Å². The third-order valence-electron chi connectivity index (χ3n) is 3.79. The van der Waals surface area contributed by atoms with Crippen LogP contribution in [0.3, 0.4) is 0 Å². The third kappa shape index (κ3) is 2.66. The molecule has 1 aromatic heterocycles. The van der Waals surface area contributed by atoms with E-state index in [0.717, 1.165) is 31.5 Å². The molecule has 1 saturated carbocycles. The minimum absolute atomic E-state index is 0.0451. The number of ether oxygens (including phenoxy) is 1. The van der Waals surface area contributed by atoms with Crippen molar-refractivity contribution in [2.75, 3.05) is 7.11 Å². The van der Waals surface area contributed by atoms with Crippen LogP contribution >= 0.6 is 0 Å². The molecule has 0 aliphatic heterocycles. The lowest BCUT2D eigenvalue weighted by Gasteiger charge is -2.10. The predicted molar refractivity (Wildman–Crippen MR) is 73.9 cm³/mol. The van der Waals surface area contributed by atoms with Gasteiger partial charge in [0.1, 0.15) is 11.6 Å². The van der Waals surface area contributed by atoms with Gasteiger partial charge in [0.15, 0.2) is 0 Å². The Morgan fingerprint density at radius 2 is 1.95 bits per heavy atom. The molecule has 2 aromatic rings. The number of nitrogens with zero attached hydrogens (tertiary/aromatic N) is 3. The molecule has 0 N–H and O–H groups in total. The summed E-state index contributed by atoms with van der Waals surface area (Å²) >= 11 is 0. The number of esters is 1. The second-order valence-corrected chi connectivity index (χ2v) is 5.15. The van der Waals surface area contributed by atoms with Gasteiger partial charge in [0, 0.05) is 5.92 Å². The quantitative estimate of drug-likeness (QED) is 0.815. The molecule has 0 unspecified atom stereocenters. The lowest BCUT2D eigenvalue weighted by atomic mass is 10.1. The van der Waals surface area contributed by atoms with Gasteiger partial charge in [-0.2, -0.15) is 0 Å². The molecule has 1 aromatic carbocycles. The molecule has 0 atom stereocenters. The third-order valence-corrected chi connectivity index (χ3v) is 3.79. The molecule has 0 radical (unpaired) electrons. The Balaban J connectivity index is 2.05. The van der Waals surface area contributed by atoms with Crippen LogP contribution in [0.2, 0.25) is 0 Å². The van der Waals surface area contributed by atoms with Crippen molar-refractivity contribution >= 4 is 5.97 Å². The van der Waals surface area contributed by atoms with Crippen molar-refractivity contribution in [3.63, 3.8) is 0 Å². The first-order valence-corrected chi connectivity index (χ1v) is 7.00. The Hall–Kier alpha value is -2.24. The average Bonchev–Trinajstić information content (AvgIpc) is 3.16. The number of aromatic nitrogens is 3. The van der Waals surface area contributed by atoms with Crippen molar-refractivity contribution in [1.82, 2.24) is 14.8 Å². The van der Waals surface area contributed by atoms with Crippen molar-refractivity contribution in [3.8, 4) is 5.69 Å². The second-order valence-electron chi connectivity index (χ2n) is 5.15. The molecule has 1 heterocycles. The lowest BCUT2D eigenvalue weighted by molar-refractivity contribution is 0.0587. The summed E-state index contributed by atoms with van der Waals surface area (Å²) in [4.78, 5) is 16.0. The predicted octanol–water partition coefficient (Wildman–Crippen LogP) is 2.85. The van der Waals surface area contributed by atoms with Crippen LogP contribution in [0.5, 0.6) is 0 Å². The summed E-state index contributed by atoms with van der Waals surface area (Å²) in [7, 11) is 1.30. The van der Waals surface area contributed by atoms with Gasteiger partial charge in [0.25, 0.3) is 5.82 Å². The first-order chi connectivity index (χ1) is 10.2. The molecule has 5 nitrogen and oxygen atoms in total. The highest BCUT2D eigenvalue weighted by Crippen LogP contribution is 2.34. The highest BCUT2D eigenvalue weighted by molar-refractivity contribution is 5.85. The summed E-state index contributed by atoms with van der Waals surface area (Å²) in [5.74, 6) is 0.203. The van der Waals surface area contributed by atoms with Crippen LogP contribution in [0.1, 0.15) is 48.0 Å².